The minimum absolute atomic E-state index is 0.0357. The average molecular weight is 445 g/mol. The molecule has 2 heteroatoms. The molecule has 1 aliphatic heterocycles. The molecule has 1 heterocycles. The van der Waals surface area contributed by atoms with Gasteiger partial charge < -0.3 is 5.11 Å². The summed E-state index contributed by atoms with van der Waals surface area (Å²) >= 11 is 2.03. The second-order valence-corrected chi connectivity index (χ2v) is 12.9. The Morgan fingerprint density at radius 2 is 1.28 bits per heavy atom. The number of thioether (sulfide) groups is 1. The Labute approximate surface area is 198 Å². The molecular formula is C30H36OS. The summed E-state index contributed by atoms with van der Waals surface area (Å²) in [4.78, 5) is 1.35. The van der Waals surface area contributed by atoms with Crippen molar-refractivity contribution in [3.05, 3.63) is 94.5 Å². The van der Waals surface area contributed by atoms with Crippen molar-refractivity contribution >= 4 is 11.8 Å². The maximum atomic E-state index is 11.5. The van der Waals surface area contributed by atoms with Crippen LogP contribution < -0.4 is 0 Å². The lowest BCUT2D eigenvalue weighted by atomic mass is 9.75. The molecule has 32 heavy (non-hydrogen) atoms. The summed E-state index contributed by atoms with van der Waals surface area (Å²) < 4.78 is 0.0357. The first kappa shape index (κ1) is 23.0. The number of phenolic OH excluding ortho intramolecular Hbond substituents is 1. The Balaban J connectivity index is 1.85. The van der Waals surface area contributed by atoms with Gasteiger partial charge in [0.05, 0.1) is 0 Å². The number of hydrogen-bond donors (Lipinski definition) is 1. The van der Waals surface area contributed by atoms with E-state index < -0.39 is 0 Å². The van der Waals surface area contributed by atoms with E-state index in [1.165, 1.54) is 21.6 Å². The van der Waals surface area contributed by atoms with E-state index in [0.29, 0.717) is 5.75 Å². The maximum Gasteiger partial charge on any atom is 0.123 e. The van der Waals surface area contributed by atoms with Crippen LogP contribution in [0.5, 0.6) is 5.75 Å². The molecule has 0 saturated heterocycles. The van der Waals surface area contributed by atoms with Crippen molar-refractivity contribution < 1.29 is 5.11 Å². The topological polar surface area (TPSA) is 20.2 Å². The van der Waals surface area contributed by atoms with Gasteiger partial charge in [-0.05, 0) is 52.8 Å². The summed E-state index contributed by atoms with van der Waals surface area (Å²) in [7, 11) is 0. The summed E-state index contributed by atoms with van der Waals surface area (Å²) in [5, 5.41) is 11.5. The number of aromatic hydroxyl groups is 1. The standard InChI is InChI=1S/C30H36OS/c1-28(2,3)24-17-25-23(26(27(24)31)29(4,5)6)20-30(32-25,18-21-13-9-7-10-14-21)19-22-15-11-8-12-16-22/h7-17,31H,18-20H2,1-6H3. The van der Waals surface area contributed by atoms with Crippen LogP contribution in [0.1, 0.15) is 69.4 Å². The molecule has 3 aromatic rings. The molecular weight excluding hydrogens is 408 g/mol. The van der Waals surface area contributed by atoms with E-state index in [9.17, 15) is 5.11 Å². The lowest BCUT2D eigenvalue weighted by Gasteiger charge is -2.30. The number of phenols is 1. The van der Waals surface area contributed by atoms with Crippen molar-refractivity contribution in [1.82, 2.24) is 0 Å². The molecule has 0 radical (unpaired) electrons. The summed E-state index contributed by atoms with van der Waals surface area (Å²) in [6.45, 7) is 13.3. The van der Waals surface area contributed by atoms with Crippen molar-refractivity contribution in [2.75, 3.05) is 0 Å². The fourth-order valence-corrected chi connectivity index (χ4v) is 6.76. The van der Waals surface area contributed by atoms with E-state index >= 15 is 0 Å². The molecule has 168 valence electrons. The van der Waals surface area contributed by atoms with Crippen LogP contribution >= 0.6 is 11.8 Å². The normalized spacial score (nSPS) is 15.6. The van der Waals surface area contributed by atoms with Crippen LogP contribution in [0.2, 0.25) is 0 Å². The van der Waals surface area contributed by atoms with E-state index in [1.807, 2.05) is 11.8 Å². The van der Waals surface area contributed by atoms with Crippen LogP contribution in [-0.2, 0) is 30.1 Å². The molecule has 1 N–H and O–H groups in total. The lowest BCUT2D eigenvalue weighted by molar-refractivity contribution is 0.418. The monoisotopic (exact) mass is 444 g/mol. The quantitative estimate of drug-likeness (QED) is 0.442. The van der Waals surface area contributed by atoms with Gasteiger partial charge in [-0.3, -0.25) is 0 Å². The highest BCUT2D eigenvalue weighted by atomic mass is 32.2. The smallest absolute Gasteiger partial charge is 0.123 e. The number of rotatable bonds is 4. The van der Waals surface area contributed by atoms with E-state index in [0.717, 1.165) is 30.4 Å². The van der Waals surface area contributed by atoms with Gasteiger partial charge in [-0.2, -0.15) is 0 Å². The number of fused-ring (bicyclic) bond motifs is 1. The van der Waals surface area contributed by atoms with Gasteiger partial charge in [-0.15, -0.1) is 11.8 Å². The van der Waals surface area contributed by atoms with Crippen molar-refractivity contribution in [2.45, 2.75) is 81.3 Å². The highest BCUT2D eigenvalue weighted by Gasteiger charge is 2.43. The zero-order valence-electron chi connectivity index (χ0n) is 20.3. The van der Waals surface area contributed by atoms with Crippen LogP contribution in [0.25, 0.3) is 0 Å². The largest absolute Gasteiger partial charge is 0.507 e. The molecule has 1 nitrogen and oxygen atoms in total. The molecule has 0 atom stereocenters. The summed E-state index contributed by atoms with van der Waals surface area (Å²) in [5.41, 5.74) is 6.07. The lowest BCUT2D eigenvalue weighted by Crippen LogP contribution is -2.31. The zero-order valence-corrected chi connectivity index (χ0v) is 21.1. The van der Waals surface area contributed by atoms with Crippen molar-refractivity contribution in [3.63, 3.8) is 0 Å². The van der Waals surface area contributed by atoms with Gasteiger partial charge in [0.2, 0.25) is 0 Å². The molecule has 0 bridgehead atoms. The first-order chi connectivity index (χ1) is 15.0. The van der Waals surface area contributed by atoms with Crippen molar-refractivity contribution in [1.29, 1.82) is 0 Å². The molecule has 0 unspecified atom stereocenters. The molecule has 0 saturated carbocycles. The first-order valence-corrected chi connectivity index (χ1v) is 12.5. The van der Waals surface area contributed by atoms with Crippen molar-refractivity contribution in [3.8, 4) is 5.75 Å². The minimum atomic E-state index is -0.119. The Hall–Kier alpha value is -2.19. The van der Waals surface area contributed by atoms with Gasteiger partial charge >= 0.3 is 0 Å². The van der Waals surface area contributed by atoms with Crippen molar-refractivity contribution in [2.24, 2.45) is 0 Å². The van der Waals surface area contributed by atoms with Gasteiger partial charge in [-0.25, -0.2) is 0 Å². The Morgan fingerprint density at radius 3 is 1.72 bits per heavy atom. The second kappa shape index (κ2) is 8.30. The maximum absolute atomic E-state index is 11.5. The van der Waals surface area contributed by atoms with E-state index in [1.54, 1.807) is 0 Å². The Kier molecular flexibility index (Phi) is 5.96. The van der Waals surface area contributed by atoms with E-state index in [4.69, 9.17) is 0 Å². The molecule has 0 aliphatic carbocycles. The van der Waals surface area contributed by atoms with E-state index in [-0.39, 0.29) is 15.6 Å². The average Bonchev–Trinajstić information content (AvgIpc) is 3.04. The third kappa shape index (κ3) is 4.62. The SMILES string of the molecule is CC(C)(C)c1cc2c(c(C(C)(C)C)c1O)CC(Cc1ccccc1)(Cc1ccccc1)S2. The third-order valence-electron chi connectivity index (χ3n) is 6.49. The van der Waals surface area contributed by atoms with Crippen LogP contribution in [0.3, 0.4) is 0 Å². The predicted molar refractivity (Wildman–Crippen MR) is 138 cm³/mol. The molecule has 0 fully saturated rings. The fraction of sp³-hybridized carbons (Fsp3) is 0.400. The Bertz CT molecular complexity index is 1040. The fourth-order valence-electron chi connectivity index (χ4n) is 5.12. The molecule has 0 aromatic heterocycles. The van der Waals surface area contributed by atoms with Gasteiger partial charge in [0, 0.05) is 20.8 Å². The van der Waals surface area contributed by atoms with Gasteiger partial charge in [0.15, 0.2) is 0 Å². The first-order valence-electron chi connectivity index (χ1n) is 11.7. The van der Waals surface area contributed by atoms with Crippen LogP contribution in [0.4, 0.5) is 0 Å². The highest BCUT2D eigenvalue weighted by molar-refractivity contribution is 8.01. The summed E-state index contributed by atoms with van der Waals surface area (Å²) in [5.74, 6) is 0.500. The molecule has 0 amide bonds. The van der Waals surface area contributed by atoms with Crippen LogP contribution in [0, 0.1) is 0 Å². The predicted octanol–water partition coefficient (Wildman–Crippen LogP) is 7.86. The van der Waals surface area contributed by atoms with E-state index in [2.05, 4.69) is 108 Å². The highest BCUT2D eigenvalue weighted by Crippen LogP contribution is 2.55. The van der Waals surface area contributed by atoms with Gasteiger partial charge in [-0.1, -0.05) is 102 Å². The molecule has 0 spiro atoms. The second-order valence-electron chi connectivity index (χ2n) is 11.4. The Morgan fingerprint density at radius 1 is 0.781 bits per heavy atom. The summed E-state index contributed by atoms with van der Waals surface area (Å²) in [6.07, 6.45) is 3.00. The van der Waals surface area contributed by atoms with Crippen LogP contribution in [0.15, 0.2) is 71.6 Å². The number of hydrogen-bond acceptors (Lipinski definition) is 2. The minimum Gasteiger partial charge on any atom is -0.507 e. The summed E-state index contributed by atoms with van der Waals surface area (Å²) in [6, 6.07) is 24.0. The zero-order chi connectivity index (χ0) is 23.1. The van der Waals surface area contributed by atoms with Crippen LogP contribution in [-0.4, -0.2) is 9.85 Å². The van der Waals surface area contributed by atoms with Gasteiger partial charge in [0.1, 0.15) is 5.75 Å². The third-order valence-corrected chi connectivity index (χ3v) is 7.94. The number of benzene rings is 3. The molecule has 1 aliphatic rings. The van der Waals surface area contributed by atoms with Gasteiger partial charge in [0.25, 0.3) is 0 Å². The molecule has 3 aromatic carbocycles. The molecule has 4 rings (SSSR count).